The van der Waals surface area contributed by atoms with E-state index in [1.165, 1.54) is 23.0 Å². The molecule has 2 aromatic heterocycles. The maximum Gasteiger partial charge on any atom is 0.416 e. The van der Waals surface area contributed by atoms with E-state index in [9.17, 15) is 18.0 Å². The molecular weight excluding hydrogens is 413 g/mol. The largest absolute Gasteiger partial charge is 0.422 e. The van der Waals surface area contributed by atoms with Crippen LogP contribution in [0.5, 0.6) is 0 Å². The van der Waals surface area contributed by atoms with Gasteiger partial charge in [-0.2, -0.15) is 13.2 Å². The van der Waals surface area contributed by atoms with Crippen molar-refractivity contribution in [1.29, 1.82) is 0 Å². The summed E-state index contributed by atoms with van der Waals surface area (Å²) in [4.78, 5) is 17.4. The number of fused-ring (bicyclic) bond motifs is 1. The molecule has 0 bridgehead atoms. The topological polar surface area (TPSA) is 82.5 Å². The molecule has 4 aromatic rings. The highest BCUT2D eigenvalue weighted by Crippen LogP contribution is 2.30. The normalized spacial score (nSPS) is 12.3. The van der Waals surface area contributed by atoms with Crippen molar-refractivity contribution >= 4 is 16.7 Å². The summed E-state index contributed by atoms with van der Waals surface area (Å²) in [6.07, 6.45) is -3.02. The summed E-state index contributed by atoms with van der Waals surface area (Å²) in [5.41, 5.74) is 0.264. The minimum atomic E-state index is -4.45. The maximum absolute atomic E-state index is 12.9. The van der Waals surface area contributed by atoms with Crippen LogP contribution in [-0.2, 0) is 17.6 Å². The Bertz CT molecular complexity index is 1330. The molecule has 10 heteroatoms. The Balaban J connectivity index is 1.47. The first-order valence-electron chi connectivity index (χ1n) is 9.10. The molecule has 2 heterocycles. The van der Waals surface area contributed by atoms with Gasteiger partial charge in [0.1, 0.15) is 11.3 Å². The lowest BCUT2D eigenvalue weighted by atomic mass is 10.1. The van der Waals surface area contributed by atoms with Crippen LogP contribution in [0.4, 0.5) is 13.2 Å². The summed E-state index contributed by atoms with van der Waals surface area (Å²) >= 11 is 0. The van der Waals surface area contributed by atoms with Crippen LogP contribution in [-0.4, -0.2) is 20.7 Å². The van der Waals surface area contributed by atoms with Gasteiger partial charge in [-0.15, -0.1) is 5.10 Å². The van der Waals surface area contributed by atoms with Gasteiger partial charge >= 0.3 is 11.8 Å². The third-order valence-corrected chi connectivity index (χ3v) is 4.42. The number of oxime groups is 1. The zero-order chi connectivity index (χ0) is 22.0. The van der Waals surface area contributed by atoms with Crippen LogP contribution in [0.3, 0.4) is 0 Å². The molecule has 0 saturated carbocycles. The molecule has 7 nitrogen and oxygen atoms in total. The Morgan fingerprint density at radius 3 is 2.77 bits per heavy atom. The predicted octanol–water partition coefficient (Wildman–Crippen LogP) is 4.33. The zero-order valence-corrected chi connectivity index (χ0v) is 16.1. The highest BCUT2D eigenvalue weighted by Gasteiger charge is 2.30. The Kier molecular flexibility index (Phi) is 5.28. The summed E-state index contributed by atoms with van der Waals surface area (Å²) in [7, 11) is 0. The van der Waals surface area contributed by atoms with Crippen molar-refractivity contribution in [3.05, 3.63) is 88.0 Å². The van der Waals surface area contributed by atoms with Crippen LogP contribution in [0.25, 0.3) is 16.7 Å². The monoisotopic (exact) mass is 428 g/mol. The predicted molar refractivity (Wildman–Crippen MR) is 106 cm³/mol. The summed E-state index contributed by atoms with van der Waals surface area (Å²) < 4.78 is 45.1. The fraction of sp³-hybridized carbons (Fsp3) is 0.143. The molecular formula is C21H15F3N4O3. The third-order valence-electron chi connectivity index (χ3n) is 4.42. The molecule has 2 aromatic carbocycles. The first kappa shape index (κ1) is 20.3. The number of benzene rings is 2. The van der Waals surface area contributed by atoms with Gasteiger partial charge in [-0.05, 0) is 37.3 Å². The van der Waals surface area contributed by atoms with E-state index in [2.05, 4.69) is 15.5 Å². The number of halogens is 3. The van der Waals surface area contributed by atoms with E-state index in [0.717, 1.165) is 17.5 Å². The SMILES string of the molecule is CC(=NOCc1cn(-c2cccc(C(F)(F)F)c2)nn1)c1cc2ccccc2oc1=O. The van der Waals surface area contributed by atoms with Crippen LogP contribution in [0, 0.1) is 0 Å². The molecule has 0 aliphatic carbocycles. The van der Waals surface area contributed by atoms with Crippen LogP contribution in [0.1, 0.15) is 23.7 Å². The highest BCUT2D eigenvalue weighted by atomic mass is 19.4. The zero-order valence-electron chi connectivity index (χ0n) is 16.1. The smallest absolute Gasteiger partial charge is 0.416 e. The van der Waals surface area contributed by atoms with E-state index in [1.807, 2.05) is 12.1 Å². The Morgan fingerprint density at radius 1 is 1.16 bits per heavy atom. The Labute approximate surface area is 173 Å². The van der Waals surface area contributed by atoms with Gasteiger partial charge in [0.25, 0.3) is 0 Å². The lowest BCUT2D eigenvalue weighted by Gasteiger charge is -2.08. The first-order valence-corrected chi connectivity index (χ1v) is 9.10. The molecule has 4 rings (SSSR count). The number of nitrogens with zero attached hydrogens (tertiary/aromatic N) is 4. The Hall–Kier alpha value is -3.95. The second-order valence-corrected chi connectivity index (χ2v) is 6.64. The molecule has 0 spiro atoms. The fourth-order valence-electron chi connectivity index (χ4n) is 2.87. The van der Waals surface area contributed by atoms with Gasteiger partial charge in [0.2, 0.25) is 0 Å². The van der Waals surface area contributed by atoms with Gasteiger partial charge in [-0.25, -0.2) is 9.48 Å². The van der Waals surface area contributed by atoms with Gasteiger partial charge in [-0.1, -0.05) is 34.6 Å². The molecule has 0 unspecified atom stereocenters. The number of hydrogen-bond acceptors (Lipinski definition) is 6. The number of rotatable bonds is 5. The summed E-state index contributed by atoms with van der Waals surface area (Å²) in [6, 6.07) is 13.5. The molecule has 0 N–H and O–H groups in total. The van der Waals surface area contributed by atoms with Gasteiger partial charge in [0.15, 0.2) is 6.61 Å². The van der Waals surface area contributed by atoms with Crippen molar-refractivity contribution in [2.75, 3.05) is 0 Å². The van der Waals surface area contributed by atoms with Crippen LogP contribution >= 0.6 is 0 Å². The van der Waals surface area contributed by atoms with Crippen molar-refractivity contribution in [2.24, 2.45) is 5.16 Å². The lowest BCUT2D eigenvalue weighted by molar-refractivity contribution is -0.137. The van der Waals surface area contributed by atoms with Gasteiger partial charge in [0, 0.05) is 5.39 Å². The van der Waals surface area contributed by atoms with Crippen LogP contribution < -0.4 is 5.63 Å². The lowest BCUT2D eigenvalue weighted by Crippen LogP contribution is -2.12. The fourth-order valence-corrected chi connectivity index (χ4v) is 2.87. The van der Waals surface area contributed by atoms with Crippen molar-refractivity contribution in [3.8, 4) is 5.69 Å². The molecule has 158 valence electrons. The van der Waals surface area contributed by atoms with Crippen molar-refractivity contribution in [1.82, 2.24) is 15.0 Å². The van der Waals surface area contributed by atoms with E-state index in [1.54, 1.807) is 25.1 Å². The minimum absolute atomic E-state index is 0.0881. The molecule has 0 fully saturated rings. The maximum atomic E-state index is 12.9. The first-order chi connectivity index (χ1) is 14.8. The van der Waals surface area contributed by atoms with Crippen molar-refractivity contribution < 1.29 is 22.4 Å². The molecule has 0 aliphatic heterocycles. The standard InChI is InChI=1S/C21H15F3N4O3/c1-13(18-9-14-5-2-3-8-19(14)31-20(18)29)26-30-12-16-11-28(27-25-16)17-7-4-6-15(10-17)21(22,23)24/h2-11H,12H2,1H3. The number of para-hydroxylation sites is 1. The Morgan fingerprint density at radius 2 is 1.97 bits per heavy atom. The number of aromatic nitrogens is 3. The second-order valence-electron chi connectivity index (χ2n) is 6.64. The molecule has 0 amide bonds. The van der Waals surface area contributed by atoms with E-state index in [0.29, 0.717) is 17.0 Å². The van der Waals surface area contributed by atoms with Crippen molar-refractivity contribution in [3.63, 3.8) is 0 Å². The quantitative estimate of drug-likeness (QED) is 0.268. The van der Waals surface area contributed by atoms with Gasteiger partial charge in [0.05, 0.1) is 28.7 Å². The second kappa shape index (κ2) is 8.05. The minimum Gasteiger partial charge on any atom is -0.422 e. The average molecular weight is 428 g/mol. The average Bonchev–Trinajstić information content (AvgIpc) is 3.21. The van der Waals surface area contributed by atoms with E-state index in [4.69, 9.17) is 9.25 Å². The van der Waals surface area contributed by atoms with E-state index < -0.39 is 17.4 Å². The molecule has 0 aliphatic rings. The number of alkyl halides is 3. The molecule has 31 heavy (non-hydrogen) atoms. The molecule has 0 radical (unpaired) electrons. The van der Waals surface area contributed by atoms with Gasteiger partial charge in [-0.3, -0.25) is 0 Å². The van der Waals surface area contributed by atoms with Crippen LogP contribution in [0.15, 0.2) is 75.2 Å². The summed E-state index contributed by atoms with van der Waals surface area (Å²) in [6.45, 7) is 1.51. The van der Waals surface area contributed by atoms with Crippen LogP contribution in [0.2, 0.25) is 0 Å². The van der Waals surface area contributed by atoms with E-state index in [-0.39, 0.29) is 17.9 Å². The molecule has 0 atom stereocenters. The summed E-state index contributed by atoms with van der Waals surface area (Å²) in [5.74, 6) is 0. The van der Waals surface area contributed by atoms with Crippen molar-refractivity contribution in [2.45, 2.75) is 19.7 Å². The number of hydrogen-bond donors (Lipinski definition) is 0. The highest BCUT2D eigenvalue weighted by molar-refractivity contribution is 6.00. The third kappa shape index (κ3) is 4.47. The summed E-state index contributed by atoms with van der Waals surface area (Å²) in [5, 5.41) is 12.4. The van der Waals surface area contributed by atoms with Gasteiger partial charge < -0.3 is 9.25 Å². The van der Waals surface area contributed by atoms with E-state index >= 15 is 0 Å². The molecule has 0 saturated heterocycles.